The number of carbonyl (C=O) groups is 1. The van der Waals surface area contributed by atoms with E-state index in [1.165, 1.54) is 7.11 Å². The zero-order valence-corrected chi connectivity index (χ0v) is 12.7. The number of aromatic nitrogens is 2. The molecule has 3 aromatic rings. The largest absolute Gasteiger partial charge is 0.465 e. The van der Waals surface area contributed by atoms with Crippen molar-refractivity contribution in [1.82, 2.24) is 10.2 Å². The second-order valence-corrected chi connectivity index (χ2v) is 4.78. The average Bonchev–Trinajstić information content (AvgIpc) is 3.21. The lowest BCUT2D eigenvalue weighted by Crippen LogP contribution is -2.02. The highest BCUT2D eigenvalue weighted by Crippen LogP contribution is 2.26. The normalized spacial score (nSPS) is 10.5. The Morgan fingerprint density at radius 1 is 1.17 bits per heavy atom. The van der Waals surface area contributed by atoms with Crippen molar-refractivity contribution in [3.63, 3.8) is 0 Å². The van der Waals surface area contributed by atoms with Crippen molar-refractivity contribution in [2.45, 2.75) is 13.5 Å². The smallest absolute Gasteiger partial charge is 0.338 e. The predicted molar refractivity (Wildman–Crippen MR) is 81.8 cm³/mol. The van der Waals surface area contributed by atoms with Gasteiger partial charge in [0.2, 0.25) is 5.89 Å². The lowest BCUT2D eigenvalue weighted by Gasteiger charge is -2.05. The minimum Gasteiger partial charge on any atom is -0.465 e. The summed E-state index contributed by atoms with van der Waals surface area (Å²) >= 11 is 0. The zero-order chi connectivity index (χ0) is 16.2. The van der Waals surface area contributed by atoms with Crippen LogP contribution in [0.4, 0.5) is 6.01 Å². The van der Waals surface area contributed by atoms with Crippen LogP contribution in [0.5, 0.6) is 0 Å². The number of hydrogen-bond acceptors (Lipinski definition) is 7. The average molecular weight is 313 g/mol. The first-order chi connectivity index (χ1) is 11.2. The Hall–Kier alpha value is -3.09. The van der Waals surface area contributed by atoms with Gasteiger partial charge in [-0.3, -0.25) is 0 Å². The number of nitrogens with zero attached hydrogens (tertiary/aromatic N) is 2. The Balaban J connectivity index is 1.78. The molecule has 0 aliphatic carbocycles. The van der Waals surface area contributed by atoms with E-state index in [1.807, 2.05) is 18.2 Å². The number of ether oxygens (including phenoxy) is 1. The molecule has 0 unspecified atom stereocenters. The van der Waals surface area contributed by atoms with Gasteiger partial charge in [-0.1, -0.05) is 23.3 Å². The van der Waals surface area contributed by atoms with Crippen LogP contribution in [-0.2, 0) is 11.3 Å². The first-order valence-corrected chi connectivity index (χ1v) is 6.98. The number of esters is 1. The van der Waals surface area contributed by atoms with Gasteiger partial charge in [-0.25, -0.2) is 4.79 Å². The molecule has 0 atom stereocenters. The molecule has 0 fully saturated rings. The maximum Gasteiger partial charge on any atom is 0.338 e. The van der Waals surface area contributed by atoms with Gasteiger partial charge in [0.1, 0.15) is 11.5 Å². The third-order valence-corrected chi connectivity index (χ3v) is 3.20. The van der Waals surface area contributed by atoms with Crippen LogP contribution in [0.3, 0.4) is 0 Å². The molecule has 23 heavy (non-hydrogen) atoms. The maximum atomic E-state index is 11.8. The fourth-order valence-corrected chi connectivity index (χ4v) is 2.13. The van der Waals surface area contributed by atoms with E-state index in [2.05, 4.69) is 15.5 Å². The zero-order valence-electron chi connectivity index (χ0n) is 12.7. The predicted octanol–water partition coefficient (Wildman–Crippen LogP) is 3.04. The molecule has 0 spiro atoms. The number of benzene rings is 1. The molecule has 0 saturated carbocycles. The molecule has 0 amide bonds. The highest BCUT2D eigenvalue weighted by atomic mass is 16.5. The first-order valence-electron chi connectivity index (χ1n) is 6.98. The minimum atomic E-state index is -0.405. The molecule has 3 rings (SSSR count). The molecule has 1 aromatic carbocycles. The van der Waals surface area contributed by atoms with Crippen molar-refractivity contribution in [3.05, 3.63) is 53.6 Å². The van der Waals surface area contributed by atoms with E-state index in [0.29, 0.717) is 41.1 Å². The van der Waals surface area contributed by atoms with Crippen molar-refractivity contribution >= 4 is 12.0 Å². The van der Waals surface area contributed by atoms with Gasteiger partial charge in [-0.05, 0) is 18.2 Å². The summed E-state index contributed by atoms with van der Waals surface area (Å²) in [6, 6.07) is 11.1. The second-order valence-electron chi connectivity index (χ2n) is 4.78. The monoisotopic (exact) mass is 313 g/mol. The molecule has 7 heteroatoms. The number of nitrogens with one attached hydrogen (secondary N) is 1. The highest BCUT2D eigenvalue weighted by Gasteiger charge is 2.15. The number of hydrogen-bond donors (Lipinski definition) is 1. The van der Waals surface area contributed by atoms with Crippen LogP contribution in [-0.4, -0.2) is 23.3 Å². The Morgan fingerprint density at radius 3 is 2.74 bits per heavy atom. The van der Waals surface area contributed by atoms with Crippen LogP contribution in [0.15, 0.2) is 45.2 Å². The number of anilines is 1. The van der Waals surface area contributed by atoms with Crippen LogP contribution in [0, 0.1) is 6.92 Å². The van der Waals surface area contributed by atoms with Crippen LogP contribution in [0.2, 0.25) is 0 Å². The summed E-state index contributed by atoms with van der Waals surface area (Å²) in [5.74, 6) is 1.35. The fraction of sp³-hybridized carbons (Fsp3) is 0.188. The molecule has 118 valence electrons. The van der Waals surface area contributed by atoms with Gasteiger partial charge in [-0.2, -0.15) is 0 Å². The molecule has 2 aromatic heterocycles. The molecule has 0 bridgehead atoms. The van der Waals surface area contributed by atoms with E-state index in [0.717, 1.165) is 0 Å². The summed E-state index contributed by atoms with van der Waals surface area (Å²) in [5.41, 5.74) is 1.13. The number of aryl methyl sites for hydroxylation is 1. The van der Waals surface area contributed by atoms with Crippen LogP contribution in [0.25, 0.3) is 11.3 Å². The molecule has 0 radical (unpaired) electrons. The number of rotatable bonds is 5. The topological polar surface area (TPSA) is 90.4 Å². The van der Waals surface area contributed by atoms with Crippen molar-refractivity contribution in [2.75, 3.05) is 12.4 Å². The van der Waals surface area contributed by atoms with E-state index in [-0.39, 0.29) is 0 Å². The Labute approximate surface area is 132 Å². The number of furan rings is 1. The lowest BCUT2D eigenvalue weighted by atomic mass is 10.1. The molecule has 2 heterocycles. The molecular weight excluding hydrogens is 298 g/mol. The van der Waals surface area contributed by atoms with Gasteiger partial charge in [0, 0.05) is 12.5 Å². The van der Waals surface area contributed by atoms with Gasteiger partial charge < -0.3 is 18.9 Å². The van der Waals surface area contributed by atoms with Crippen molar-refractivity contribution in [3.8, 4) is 11.3 Å². The molecule has 1 N–H and O–H groups in total. The maximum absolute atomic E-state index is 11.8. The van der Waals surface area contributed by atoms with Crippen molar-refractivity contribution in [1.29, 1.82) is 0 Å². The number of carbonyl (C=O) groups excluding carboxylic acids is 1. The van der Waals surface area contributed by atoms with Crippen LogP contribution >= 0.6 is 0 Å². The van der Waals surface area contributed by atoms with Gasteiger partial charge in [-0.15, -0.1) is 5.10 Å². The summed E-state index contributed by atoms with van der Waals surface area (Å²) in [5, 5.41) is 10.5. The summed E-state index contributed by atoms with van der Waals surface area (Å²) in [6.45, 7) is 2.11. The van der Waals surface area contributed by atoms with E-state index in [4.69, 9.17) is 13.6 Å². The molecular formula is C16H15N3O4. The van der Waals surface area contributed by atoms with Crippen LogP contribution < -0.4 is 5.32 Å². The van der Waals surface area contributed by atoms with E-state index >= 15 is 0 Å². The standard InChI is InChI=1S/C16H15N3O4/c1-10-18-19-16(22-10)17-9-11-7-8-14(23-11)12-5-3-4-6-13(12)15(20)21-2/h3-8H,9H2,1-2H3,(H,17,19). The third kappa shape index (κ3) is 3.23. The summed E-state index contributed by atoms with van der Waals surface area (Å²) in [6.07, 6.45) is 0. The second kappa shape index (κ2) is 6.35. The van der Waals surface area contributed by atoms with Crippen LogP contribution in [0.1, 0.15) is 22.0 Å². The molecule has 7 nitrogen and oxygen atoms in total. The highest BCUT2D eigenvalue weighted by molar-refractivity contribution is 5.96. The SMILES string of the molecule is COC(=O)c1ccccc1-c1ccc(CNc2nnc(C)o2)o1. The first kappa shape index (κ1) is 14.8. The molecule has 0 aliphatic rings. The van der Waals surface area contributed by atoms with E-state index in [9.17, 15) is 4.79 Å². The lowest BCUT2D eigenvalue weighted by molar-refractivity contribution is 0.0601. The van der Waals surface area contributed by atoms with Gasteiger partial charge in [0.05, 0.1) is 19.2 Å². The Bertz CT molecular complexity index is 822. The van der Waals surface area contributed by atoms with Gasteiger partial charge in [0.15, 0.2) is 0 Å². The van der Waals surface area contributed by atoms with E-state index < -0.39 is 5.97 Å². The fourth-order valence-electron chi connectivity index (χ4n) is 2.13. The molecule has 0 aliphatic heterocycles. The summed E-state index contributed by atoms with van der Waals surface area (Å²) in [7, 11) is 1.35. The van der Waals surface area contributed by atoms with Crippen molar-refractivity contribution < 1.29 is 18.4 Å². The minimum absolute atomic E-state index is 0.329. The number of methoxy groups -OCH3 is 1. The Morgan fingerprint density at radius 2 is 2.00 bits per heavy atom. The summed E-state index contributed by atoms with van der Waals surface area (Å²) < 4.78 is 15.8. The Kier molecular flexibility index (Phi) is 4.09. The quantitative estimate of drug-likeness (QED) is 0.724. The van der Waals surface area contributed by atoms with Gasteiger partial charge >= 0.3 is 12.0 Å². The van der Waals surface area contributed by atoms with Gasteiger partial charge in [0.25, 0.3) is 0 Å². The third-order valence-electron chi connectivity index (χ3n) is 3.20. The molecule has 0 saturated heterocycles. The van der Waals surface area contributed by atoms with E-state index in [1.54, 1.807) is 25.1 Å². The summed E-state index contributed by atoms with van der Waals surface area (Å²) in [4.78, 5) is 11.8. The van der Waals surface area contributed by atoms with Crippen molar-refractivity contribution in [2.24, 2.45) is 0 Å².